The van der Waals surface area contributed by atoms with E-state index < -0.39 is 17.5 Å². The third kappa shape index (κ3) is 2.16. The van der Waals surface area contributed by atoms with Gasteiger partial charge in [-0.15, -0.1) is 0 Å². The fourth-order valence-corrected chi connectivity index (χ4v) is 2.78. The Balaban J connectivity index is 1.75. The van der Waals surface area contributed by atoms with Crippen molar-refractivity contribution in [2.45, 2.75) is 37.5 Å². The van der Waals surface area contributed by atoms with Crippen LogP contribution in [0.3, 0.4) is 0 Å². The number of anilines is 1. The number of halogens is 2. The standard InChI is InChI=1S/C13H14F2N2O2/c14-8-5-9(15)10(16)4-7(8)13(18)17-11-3-6-1-2-12(11)19-6/h4-6,11-12H,1-3,16H2,(H,17,18). The number of fused-ring (bicyclic) bond motifs is 2. The quantitative estimate of drug-likeness (QED) is 0.801. The predicted octanol–water partition coefficient (Wildman–Crippen LogP) is 1.60. The normalized spacial score (nSPS) is 28.6. The van der Waals surface area contributed by atoms with Crippen LogP contribution in [0.25, 0.3) is 0 Å². The summed E-state index contributed by atoms with van der Waals surface area (Å²) in [7, 11) is 0. The second kappa shape index (κ2) is 4.45. The van der Waals surface area contributed by atoms with Crippen molar-refractivity contribution in [2.75, 3.05) is 5.73 Å². The number of ether oxygens (including phenoxy) is 1. The Kier molecular flexibility index (Phi) is 2.89. The molecule has 2 bridgehead atoms. The fraction of sp³-hybridized carbons (Fsp3) is 0.462. The lowest BCUT2D eigenvalue weighted by atomic mass is 9.95. The summed E-state index contributed by atoms with van der Waals surface area (Å²) in [6.45, 7) is 0. The van der Waals surface area contributed by atoms with E-state index in [4.69, 9.17) is 10.5 Å². The summed E-state index contributed by atoms with van der Waals surface area (Å²) in [4.78, 5) is 12.0. The van der Waals surface area contributed by atoms with Gasteiger partial charge in [-0.1, -0.05) is 0 Å². The molecule has 0 radical (unpaired) electrons. The van der Waals surface area contributed by atoms with Gasteiger partial charge in [-0.05, 0) is 25.3 Å². The molecule has 3 N–H and O–H groups in total. The number of carbonyl (C=O) groups is 1. The molecule has 3 unspecified atom stereocenters. The highest BCUT2D eigenvalue weighted by molar-refractivity contribution is 5.95. The van der Waals surface area contributed by atoms with Gasteiger partial charge in [0, 0.05) is 6.07 Å². The monoisotopic (exact) mass is 268 g/mol. The lowest BCUT2D eigenvalue weighted by Gasteiger charge is -2.20. The molecule has 1 aromatic carbocycles. The SMILES string of the molecule is Nc1cc(C(=O)NC2CC3CCC2O3)c(F)cc1F. The highest BCUT2D eigenvalue weighted by Crippen LogP contribution is 2.34. The number of carbonyl (C=O) groups excluding carboxylic acids is 1. The minimum atomic E-state index is -0.909. The number of hydrogen-bond donors (Lipinski definition) is 2. The molecule has 0 spiro atoms. The number of rotatable bonds is 2. The highest BCUT2D eigenvalue weighted by atomic mass is 19.1. The van der Waals surface area contributed by atoms with E-state index >= 15 is 0 Å². The van der Waals surface area contributed by atoms with Crippen LogP contribution in [0.15, 0.2) is 12.1 Å². The molecule has 2 fully saturated rings. The smallest absolute Gasteiger partial charge is 0.254 e. The van der Waals surface area contributed by atoms with Gasteiger partial charge in [0.25, 0.3) is 5.91 Å². The van der Waals surface area contributed by atoms with Crippen LogP contribution in [0, 0.1) is 11.6 Å². The van der Waals surface area contributed by atoms with Gasteiger partial charge in [0.1, 0.15) is 11.6 Å². The molecule has 2 saturated heterocycles. The molecule has 6 heteroatoms. The van der Waals surface area contributed by atoms with Crippen molar-refractivity contribution in [2.24, 2.45) is 0 Å². The molecule has 0 aromatic heterocycles. The number of hydrogen-bond acceptors (Lipinski definition) is 3. The van der Waals surface area contributed by atoms with Gasteiger partial charge < -0.3 is 15.8 Å². The Morgan fingerprint density at radius 2 is 2.11 bits per heavy atom. The van der Waals surface area contributed by atoms with Crippen molar-refractivity contribution < 1.29 is 18.3 Å². The summed E-state index contributed by atoms with van der Waals surface area (Å²) in [5.74, 6) is -2.35. The van der Waals surface area contributed by atoms with E-state index in [1.54, 1.807) is 0 Å². The van der Waals surface area contributed by atoms with Gasteiger partial charge in [0.05, 0.1) is 29.5 Å². The third-order valence-electron chi connectivity index (χ3n) is 3.75. The maximum Gasteiger partial charge on any atom is 0.254 e. The van der Waals surface area contributed by atoms with Gasteiger partial charge in [-0.25, -0.2) is 8.78 Å². The lowest BCUT2D eigenvalue weighted by Crippen LogP contribution is -2.41. The first kappa shape index (κ1) is 12.3. The first-order valence-corrected chi connectivity index (χ1v) is 6.25. The highest BCUT2D eigenvalue weighted by Gasteiger charge is 2.41. The van der Waals surface area contributed by atoms with E-state index in [0.29, 0.717) is 6.07 Å². The number of benzene rings is 1. The van der Waals surface area contributed by atoms with E-state index in [9.17, 15) is 13.6 Å². The Morgan fingerprint density at radius 3 is 2.74 bits per heavy atom. The van der Waals surface area contributed by atoms with Crippen LogP contribution in [-0.2, 0) is 4.74 Å². The molecule has 102 valence electrons. The van der Waals surface area contributed by atoms with Crippen molar-refractivity contribution in [3.8, 4) is 0 Å². The van der Waals surface area contributed by atoms with Crippen molar-refractivity contribution in [3.63, 3.8) is 0 Å². The van der Waals surface area contributed by atoms with Crippen LogP contribution >= 0.6 is 0 Å². The molecule has 4 nitrogen and oxygen atoms in total. The summed E-state index contributed by atoms with van der Waals surface area (Å²) in [6, 6.07) is 1.55. The average molecular weight is 268 g/mol. The third-order valence-corrected chi connectivity index (χ3v) is 3.75. The summed E-state index contributed by atoms with van der Waals surface area (Å²) in [6.07, 6.45) is 2.86. The predicted molar refractivity (Wildman–Crippen MR) is 64.5 cm³/mol. The summed E-state index contributed by atoms with van der Waals surface area (Å²) in [5.41, 5.74) is 4.88. The van der Waals surface area contributed by atoms with E-state index in [-0.39, 0.29) is 29.5 Å². The summed E-state index contributed by atoms with van der Waals surface area (Å²) < 4.78 is 32.2. The molecule has 2 aliphatic heterocycles. The van der Waals surface area contributed by atoms with Gasteiger partial charge in [0.2, 0.25) is 0 Å². The first-order valence-electron chi connectivity index (χ1n) is 6.25. The molecule has 19 heavy (non-hydrogen) atoms. The fourth-order valence-electron chi connectivity index (χ4n) is 2.78. The van der Waals surface area contributed by atoms with Crippen molar-refractivity contribution in [1.82, 2.24) is 5.32 Å². The second-order valence-corrected chi connectivity index (χ2v) is 5.04. The second-order valence-electron chi connectivity index (χ2n) is 5.04. The van der Waals surface area contributed by atoms with Crippen LogP contribution in [0.4, 0.5) is 14.5 Å². The zero-order valence-corrected chi connectivity index (χ0v) is 10.2. The Bertz CT molecular complexity index is 536. The van der Waals surface area contributed by atoms with E-state index in [0.717, 1.165) is 25.3 Å². The largest absolute Gasteiger partial charge is 0.396 e. The number of amides is 1. The van der Waals surface area contributed by atoms with Crippen LogP contribution in [0.1, 0.15) is 29.6 Å². The zero-order chi connectivity index (χ0) is 13.6. The summed E-state index contributed by atoms with van der Waals surface area (Å²) >= 11 is 0. The molecule has 1 amide bonds. The van der Waals surface area contributed by atoms with Crippen LogP contribution < -0.4 is 11.1 Å². The molecule has 2 heterocycles. The van der Waals surface area contributed by atoms with Gasteiger partial charge >= 0.3 is 0 Å². The maximum absolute atomic E-state index is 13.6. The molecular formula is C13H14F2N2O2. The molecule has 1 aromatic rings. The Morgan fingerprint density at radius 1 is 1.32 bits per heavy atom. The Labute approximate surface area is 108 Å². The zero-order valence-electron chi connectivity index (χ0n) is 10.2. The molecule has 0 saturated carbocycles. The minimum Gasteiger partial charge on any atom is -0.396 e. The number of nitrogen functional groups attached to an aromatic ring is 1. The number of nitrogens with two attached hydrogens (primary N) is 1. The van der Waals surface area contributed by atoms with Gasteiger partial charge in [-0.2, -0.15) is 0 Å². The van der Waals surface area contributed by atoms with Crippen LogP contribution in [-0.4, -0.2) is 24.2 Å². The van der Waals surface area contributed by atoms with Gasteiger partial charge in [-0.3, -0.25) is 4.79 Å². The first-order chi connectivity index (χ1) is 9.04. The number of nitrogens with one attached hydrogen (secondary N) is 1. The minimum absolute atomic E-state index is 0.00908. The van der Waals surface area contributed by atoms with E-state index in [2.05, 4.69) is 5.32 Å². The molecule has 3 rings (SSSR count). The van der Waals surface area contributed by atoms with E-state index in [1.807, 2.05) is 0 Å². The molecule has 3 atom stereocenters. The van der Waals surface area contributed by atoms with E-state index in [1.165, 1.54) is 0 Å². The molecular weight excluding hydrogens is 254 g/mol. The maximum atomic E-state index is 13.6. The van der Waals surface area contributed by atoms with Crippen molar-refractivity contribution in [3.05, 3.63) is 29.3 Å². The van der Waals surface area contributed by atoms with Crippen molar-refractivity contribution >= 4 is 11.6 Å². The van der Waals surface area contributed by atoms with Crippen LogP contribution in [0.5, 0.6) is 0 Å². The van der Waals surface area contributed by atoms with Crippen molar-refractivity contribution in [1.29, 1.82) is 0 Å². The summed E-state index contributed by atoms with van der Waals surface area (Å²) in [5, 5.41) is 2.73. The van der Waals surface area contributed by atoms with Gasteiger partial charge in [0.15, 0.2) is 0 Å². The molecule has 2 aliphatic rings. The van der Waals surface area contributed by atoms with Crippen LogP contribution in [0.2, 0.25) is 0 Å². The molecule has 0 aliphatic carbocycles. The Hall–Kier alpha value is -1.69. The lowest BCUT2D eigenvalue weighted by molar-refractivity contribution is 0.0838. The average Bonchev–Trinajstić information content (AvgIpc) is 2.95. The topological polar surface area (TPSA) is 64.4 Å².